The van der Waals surface area contributed by atoms with Crippen LogP contribution >= 0.6 is 12.4 Å². The van der Waals surface area contributed by atoms with Gasteiger partial charge in [0.05, 0.1) is 12.1 Å². The number of carbonyl (C=O) groups excluding carboxylic acids is 1. The Morgan fingerprint density at radius 2 is 2.07 bits per heavy atom. The Kier molecular flexibility index (Phi) is 6.81. The predicted molar refractivity (Wildman–Crippen MR) is 112 cm³/mol. The second-order valence-electron chi connectivity index (χ2n) is 7.35. The Bertz CT molecular complexity index is 821. The van der Waals surface area contributed by atoms with Crippen molar-refractivity contribution in [2.75, 3.05) is 18.9 Å². The van der Waals surface area contributed by atoms with Crippen LogP contribution < -0.4 is 15.8 Å². The molecule has 1 amide bonds. The fourth-order valence-corrected chi connectivity index (χ4v) is 3.92. The zero-order valence-electron chi connectivity index (χ0n) is 15.9. The average molecular weight is 403 g/mol. The van der Waals surface area contributed by atoms with Gasteiger partial charge in [0.2, 0.25) is 0 Å². The van der Waals surface area contributed by atoms with E-state index in [2.05, 4.69) is 5.32 Å². The first-order valence-corrected chi connectivity index (χ1v) is 9.73. The minimum atomic E-state index is -0.0766. The van der Waals surface area contributed by atoms with Gasteiger partial charge in [0.25, 0.3) is 5.91 Å². The van der Waals surface area contributed by atoms with E-state index < -0.39 is 0 Å². The number of carbonyl (C=O) groups is 1. The number of anilines is 1. The third-order valence-electron chi connectivity index (χ3n) is 5.34. The average Bonchev–Trinajstić information content (AvgIpc) is 3.20. The van der Waals surface area contributed by atoms with E-state index in [4.69, 9.17) is 15.2 Å². The fraction of sp³-hybridized carbons (Fsp3) is 0.409. The number of benzene rings is 2. The monoisotopic (exact) mass is 402 g/mol. The van der Waals surface area contributed by atoms with Gasteiger partial charge in [-0.1, -0.05) is 12.1 Å². The summed E-state index contributed by atoms with van der Waals surface area (Å²) in [5, 5.41) is 3.18. The molecule has 1 fully saturated rings. The second-order valence-corrected chi connectivity index (χ2v) is 7.35. The number of nitrogens with two attached hydrogens (primary N) is 1. The van der Waals surface area contributed by atoms with Crippen LogP contribution in [0.3, 0.4) is 0 Å². The molecule has 5 nitrogen and oxygen atoms in total. The van der Waals surface area contributed by atoms with Crippen LogP contribution in [-0.2, 0) is 11.2 Å². The molecule has 6 heteroatoms. The molecule has 2 aromatic carbocycles. The predicted octanol–water partition coefficient (Wildman–Crippen LogP) is 4.06. The number of nitrogen functional groups attached to an aromatic ring is 1. The fourth-order valence-electron chi connectivity index (χ4n) is 3.92. The van der Waals surface area contributed by atoms with E-state index in [-0.39, 0.29) is 30.5 Å². The van der Waals surface area contributed by atoms with Gasteiger partial charge in [0.15, 0.2) is 0 Å². The van der Waals surface area contributed by atoms with Crippen LogP contribution in [0.25, 0.3) is 0 Å². The molecular formula is C22H27ClN2O3. The number of ether oxygens (including phenoxy) is 2. The minimum absolute atomic E-state index is 0. The van der Waals surface area contributed by atoms with E-state index in [9.17, 15) is 4.79 Å². The lowest BCUT2D eigenvalue weighted by Crippen LogP contribution is -2.31. The van der Waals surface area contributed by atoms with Crippen molar-refractivity contribution in [1.29, 1.82) is 0 Å². The van der Waals surface area contributed by atoms with E-state index in [1.54, 1.807) is 6.07 Å². The molecule has 0 saturated carbocycles. The SMILES string of the molecule is Cl.Nc1ccc2c(c1)CCCC2NC(=O)c1cccc(OCC2CCCO2)c1. The highest BCUT2D eigenvalue weighted by Gasteiger charge is 2.22. The first-order chi connectivity index (χ1) is 13.2. The molecule has 150 valence electrons. The van der Waals surface area contributed by atoms with E-state index in [1.807, 2.05) is 36.4 Å². The number of hydrogen-bond donors (Lipinski definition) is 2. The minimum Gasteiger partial charge on any atom is -0.491 e. The van der Waals surface area contributed by atoms with E-state index in [0.717, 1.165) is 44.4 Å². The molecule has 0 spiro atoms. The summed E-state index contributed by atoms with van der Waals surface area (Å²) < 4.78 is 11.4. The molecule has 1 saturated heterocycles. The molecule has 2 aromatic rings. The summed E-state index contributed by atoms with van der Waals surface area (Å²) in [6.07, 6.45) is 5.29. The van der Waals surface area contributed by atoms with E-state index >= 15 is 0 Å². The zero-order chi connectivity index (χ0) is 18.6. The molecule has 0 bridgehead atoms. The number of aryl methyl sites for hydroxylation is 1. The summed E-state index contributed by atoms with van der Waals surface area (Å²) in [5.74, 6) is 0.627. The van der Waals surface area contributed by atoms with Gasteiger partial charge in [-0.2, -0.15) is 0 Å². The number of fused-ring (bicyclic) bond motifs is 1. The quantitative estimate of drug-likeness (QED) is 0.740. The molecule has 1 aliphatic carbocycles. The van der Waals surface area contributed by atoms with Crippen molar-refractivity contribution in [3.8, 4) is 5.75 Å². The third-order valence-corrected chi connectivity index (χ3v) is 5.34. The van der Waals surface area contributed by atoms with Crippen molar-refractivity contribution in [1.82, 2.24) is 5.32 Å². The van der Waals surface area contributed by atoms with Crippen molar-refractivity contribution in [3.63, 3.8) is 0 Å². The molecule has 2 unspecified atom stereocenters. The molecule has 28 heavy (non-hydrogen) atoms. The zero-order valence-corrected chi connectivity index (χ0v) is 16.7. The largest absolute Gasteiger partial charge is 0.491 e. The third kappa shape index (κ3) is 4.78. The number of halogens is 1. The summed E-state index contributed by atoms with van der Waals surface area (Å²) in [7, 11) is 0. The van der Waals surface area contributed by atoms with E-state index in [1.165, 1.54) is 11.1 Å². The summed E-state index contributed by atoms with van der Waals surface area (Å²) in [6.45, 7) is 1.34. The highest BCUT2D eigenvalue weighted by Crippen LogP contribution is 2.31. The van der Waals surface area contributed by atoms with Crippen LogP contribution in [0.1, 0.15) is 53.2 Å². The highest BCUT2D eigenvalue weighted by atomic mass is 35.5. The van der Waals surface area contributed by atoms with Gasteiger partial charge in [-0.25, -0.2) is 0 Å². The second kappa shape index (κ2) is 9.30. The Morgan fingerprint density at radius 3 is 2.89 bits per heavy atom. The van der Waals surface area contributed by atoms with E-state index in [0.29, 0.717) is 17.9 Å². The van der Waals surface area contributed by atoms with Gasteiger partial charge in [-0.3, -0.25) is 4.79 Å². The van der Waals surface area contributed by atoms with Gasteiger partial charge in [0, 0.05) is 17.9 Å². The van der Waals surface area contributed by atoms with Crippen molar-refractivity contribution in [2.24, 2.45) is 0 Å². The molecule has 1 heterocycles. The van der Waals surface area contributed by atoms with Crippen molar-refractivity contribution in [3.05, 3.63) is 59.2 Å². The number of hydrogen-bond acceptors (Lipinski definition) is 4. The molecule has 4 rings (SSSR count). The Balaban J connectivity index is 0.00000225. The standard InChI is InChI=1S/C22H26N2O3.ClH/c23-17-9-10-20-15(12-17)4-2-8-21(20)24-22(25)16-5-1-6-18(13-16)27-14-19-7-3-11-26-19;/h1,5-6,9-10,12-13,19,21H,2-4,7-8,11,14,23H2,(H,24,25);1H. The van der Waals surface area contributed by atoms with Gasteiger partial charge in [-0.15, -0.1) is 12.4 Å². The lowest BCUT2D eigenvalue weighted by atomic mass is 9.87. The molecule has 3 N–H and O–H groups in total. The molecule has 2 aliphatic rings. The Labute approximate surface area is 172 Å². The van der Waals surface area contributed by atoms with Crippen molar-refractivity contribution in [2.45, 2.75) is 44.2 Å². The lowest BCUT2D eigenvalue weighted by molar-refractivity contribution is 0.0679. The van der Waals surface area contributed by atoms with Crippen molar-refractivity contribution >= 4 is 24.0 Å². The highest BCUT2D eigenvalue weighted by molar-refractivity contribution is 5.94. The maximum Gasteiger partial charge on any atom is 0.251 e. The Morgan fingerprint density at radius 1 is 1.18 bits per heavy atom. The molecule has 0 aromatic heterocycles. The first-order valence-electron chi connectivity index (χ1n) is 9.73. The topological polar surface area (TPSA) is 73.6 Å². The lowest BCUT2D eigenvalue weighted by Gasteiger charge is -2.26. The van der Waals surface area contributed by atoms with Crippen LogP contribution in [-0.4, -0.2) is 25.2 Å². The maximum atomic E-state index is 12.8. The van der Waals surface area contributed by atoms with Crippen LogP contribution in [0, 0.1) is 0 Å². The normalized spacial score (nSPS) is 20.7. The van der Waals surface area contributed by atoms with Crippen LogP contribution in [0.5, 0.6) is 5.75 Å². The van der Waals surface area contributed by atoms with Crippen LogP contribution in [0.2, 0.25) is 0 Å². The summed E-state index contributed by atoms with van der Waals surface area (Å²) in [5.41, 5.74) is 9.70. The van der Waals surface area contributed by atoms with Gasteiger partial charge in [-0.05, 0) is 73.6 Å². The Hall–Kier alpha value is -2.24. The van der Waals surface area contributed by atoms with Gasteiger partial charge >= 0.3 is 0 Å². The number of rotatable bonds is 5. The number of nitrogens with one attached hydrogen (secondary N) is 1. The summed E-state index contributed by atoms with van der Waals surface area (Å²) in [6, 6.07) is 13.3. The molecule has 2 atom stereocenters. The van der Waals surface area contributed by atoms with Gasteiger partial charge in [0.1, 0.15) is 12.4 Å². The summed E-state index contributed by atoms with van der Waals surface area (Å²) in [4.78, 5) is 12.8. The first kappa shape index (κ1) is 20.5. The smallest absolute Gasteiger partial charge is 0.251 e. The molecular weight excluding hydrogens is 376 g/mol. The molecule has 0 radical (unpaired) electrons. The maximum absolute atomic E-state index is 12.8. The molecule has 1 aliphatic heterocycles. The summed E-state index contributed by atoms with van der Waals surface area (Å²) >= 11 is 0. The van der Waals surface area contributed by atoms with Crippen molar-refractivity contribution < 1.29 is 14.3 Å². The van der Waals surface area contributed by atoms with Gasteiger partial charge < -0.3 is 20.5 Å². The number of amides is 1. The van der Waals surface area contributed by atoms with Crippen LogP contribution in [0.15, 0.2) is 42.5 Å². The van der Waals surface area contributed by atoms with Crippen LogP contribution in [0.4, 0.5) is 5.69 Å².